The number of hydrogen-bond donors (Lipinski definition) is 1. The molecule has 2 aliphatic rings. The fraction of sp³-hybridized carbons (Fsp3) is 0.423. The Kier molecular flexibility index (Phi) is 7.92. The molecule has 1 saturated heterocycles. The van der Waals surface area contributed by atoms with Crippen LogP contribution in [0.1, 0.15) is 31.1 Å². The fourth-order valence-corrected chi connectivity index (χ4v) is 4.59. The molecule has 3 heterocycles. The maximum atomic E-state index is 13.2. The van der Waals surface area contributed by atoms with E-state index in [2.05, 4.69) is 20.1 Å². The maximum Gasteiger partial charge on any atom is 0.338 e. The molecule has 2 aliphatic heterocycles. The van der Waals surface area contributed by atoms with Crippen LogP contribution in [0.15, 0.2) is 66.0 Å². The van der Waals surface area contributed by atoms with Crippen LogP contribution in [0.25, 0.3) is 0 Å². The highest BCUT2D eigenvalue weighted by molar-refractivity contribution is 5.95. The van der Waals surface area contributed by atoms with Crippen LogP contribution in [0.5, 0.6) is 0 Å². The van der Waals surface area contributed by atoms with Gasteiger partial charge in [0.2, 0.25) is 0 Å². The van der Waals surface area contributed by atoms with Crippen molar-refractivity contribution in [2.45, 2.75) is 26.4 Å². The number of rotatable bonds is 8. The van der Waals surface area contributed by atoms with E-state index < -0.39 is 6.04 Å². The summed E-state index contributed by atoms with van der Waals surface area (Å²) in [7, 11) is 0. The predicted octanol–water partition coefficient (Wildman–Crippen LogP) is 2.80. The monoisotopic (exact) mass is 463 g/mol. The molecule has 180 valence electrons. The zero-order valence-electron chi connectivity index (χ0n) is 19.9. The standard InChI is InChI=1S/C26H33N5O3/c1-3-31-22(19-30-16-14-29(15-17-30)18-21-12-8-9-13-27-21)23(25(32)34-4-2)24(28-26(31)33)20-10-6-5-7-11-20/h5-13,24H,3-4,14-19H2,1-2H3,(H,28,33)/t24-/m1/s1. The van der Waals surface area contributed by atoms with Gasteiger partial charge in [0, 0.05) is 57.7 Å². The molecule has 1 fully saturated rings. The zero-order chi connectivity index (χ0) is 23.9. The van der Waals surface area contributed by atoms with Crippen molar-refractivity contribution in [2.24, 2.45) is 0 Å². The van der Waals surface area contributed by atoms with E-state index in [0.29, 0.717) is 18.7 Å². The van der Waals surface area contributed by atoms with Crippen LogP contribution < -0.4 is 5.32 Å². The lowest BCUT2D eigenvalue weighted by atomic mass is 9.94. The summed E-state index contributed by atoms with van der Waals surface area (Å²) in [5.74, 6) is -0.376. The maximum absolute atomic E-state index is 13.2. The highest BCUT2D eigenvalue weighted by Gasteiger charge is 2.38. The first-order chi connectivity index (χ1) is 16.6. The second-order valence-corrected chi connectivity index (χ2v) is 8.49. The molecular formula is C26H33N5O3. The fourth-order valence-electron chi connectivity index (χ4n) is 4.59. The van der Waals surface area contributed by atoms with Gasteiger partial charge < -0.3 is 10.1 Å². The number of likely N-dealkylation sites (N-methyl/N-ethyl adjacent to an activating group) is 1. The number of aromatic nitrogens is 1. The van der Waals surface area contributed by atoms with Gasteiger partial charge in [-0.05, 0) is 31.5 Å². The summed E-state index contributed by atoms with van der Waals surface area (Å²) < 4.78 is 5.46. The number of pyridine rings is 1. The van der Waals surface area contributed by atoms with Gasteiger partial charge in [0.15, 0.2) is 0 Å². The minimum atomic E-state index is -0.531. The Morgan fingerprint density at radius 3 is 2.29 bits per heavy atom. The highest BCUT2D eigenvalue weighted by Crippen LogP contribution is 2.32. The molecule has 0 bridgehead atoms. The average Bonchev–Trinajstić information content (AvgIpc) is 2.86. The zero-order valence-corrected chi connectivity index (χ0v) is 19.9. The number of benzene rings is 1. The van der Waals surface area contributed by atoms with Crippen molar-refractivity contribution in [3.05, 3.63) is 77.3 Å². The summed E-state index contributed by atoms with van der Waals surface area (Å²) in [4.78, 5) is 37.0. The van der Waals surface area contributed by atoms with Gasteiger partial charge >= 0.3 is 12.0 Å². The number of carbonyl (C=O) groups is 2. The topological polar surface area (TPSA) is 78.0 Å². The third-order valence-corrected chi connectivity index (χ3v) is 6.33. The van der Waals surface area contributed by atoms with E-state index in [4.69, 9.17) is 4.74 Å². The Morgan fingerprint density at radius 1 is 1.00 bits per heavy atom. The van der Waals surface area contributed by atoms with Crippen molar-refractivity contribution in [1.82, 2.24) is 25.0 Å². The quantitative estimate of drug-likeness (QED) is 0.607. The third-order valence-electron chi connectivity index (χ3n) is 6.33. The molecule has 8 nitrogen and oxygen atoms in total. The van der Waals surface area contributed by atoms with Crippen LogP contribution in [0.3, 0.4) is 0 Å². The summed E-state index contributed by atoms with van der Waals surface area (Å²) in [6, 6.07) is 14.9. The van der Waals surface area contributed by atoms with E-state index >= 15 is 0 Å². The number of esters is 1. The molecule has 0 unspecified atom stereocenters. The Balaban J connectivity index is 1.56. The van der Waals surface area contributed by atoms with Crippen molar-refractivity contribution in [3.63, 3.8) is 0 Å². The van der Waals surface area contributed by atoms with Crippen LogP contribution in [0, 0.1) is 0 Å². The largest absolute Gasteiger partial charge is 0.463 e. The minimum absolute atomic E-state index is 0.187. The van der Waals surface area contributed by atoms with E-state index in [0.717, 1.165) is 49.7 Å². The molecule has 1 atom stereocenters. The third kappa shape index (κ3) is 5.46. The SMILES string of the molecule is CCOC(=O)C1=C(CN2CCN(Cc3ccccn3)CC2)N(CC)C(=O)N[C@@H]1c1ccccc1. The molecule has 1 aromatic heterocycles. The van der Waals surface area contributed by atoms with Gasteiger partial charge in [0.05, 0.1) is 23.9 Å². The van der Waals surface area contributed by atoms with E-state index in [-0.39, 0.29) is 18.6 Å². The average molecular weight is 464 g/mol. The summed E-state index contributed by atoms with van der Waals surface area (Å²) in [5, 5.41) is 3.02. The van der Waals surface area contributed by atoms with Gasteiger partial charge in [-0.3, -0.25) is 19.7 Å². The first-order valence-corrected chi connectivity index (χ1v) is 12.0. The summed E-state index contributed by atoms with van der Waals surface area (Å²) in [5.41, 5.74) is 3.18. The molecule has 2 amide bonds. The van der Waals surface area contributed by atoms with Crippen LogP contribution in [0.4, 0.5) is 4.79 Å². The number of nitrogens with one attached hydrogen (secondary N) is 1. The molecule has 1 aromatic carbocycles. The first-order valence-electron chi connectivity index (χ1n) is 12.0. The Hall–Kier alpha value is -3.23. The lowest BCUT2D eigenvalue weighted by Crippen LogP contribution is -2.53. The lowest BCUT2D eigenvalue weighted by molar-refractivity contribution is -0.139. The Morgan fingerprint density at radius 2 is 1.68 bits per heavy atom. The second-order valence-electron chi connectivity index (χ2n) is 8.49. The Labute approximate surface area is 201 Å². The number of hydrogen-bond acceptors (Lipinski definition) is 6. The molecule has 0 spiro atoms. The number of nitrogens with zero attached hydrogens (tertiary/aromatic N) is 4. The summed E-state index contributed by atoms with van der Waals surface area (Å²) in [6.45, 7) is 9.34. The van der Waals surface area contributed by atoms with Crippen molar-refractivity contribution in [3.8, 4) is 0 Å². The predicted molar refractivity (Wildman–Crippen MR) is 130 cm³/mol. The summed E-state index contributed by atoms with van der Waals surface area (Å²) >= 11 is 0. The molecule has 4 rings (SSSR count). The van der Waals surface area contributed by atoms with Crippen LogP contribution in [0.2, 0.25) is 0 Å². The molecule has 0 radical (unpaired) electrons. The van der Waals surface area contributed by atoms with Crippen molar-refractivity contribution < 1.29 is 14.3 Å². The smallest absolute Gasteiger partial charge is 0.338 e. The second kappa shape index (κ2) is 11.3. The lowest BCUT2D eigenvalue weighted by Gasteiger charge is -2.40. The van der Waals surface area contributed by atoms with Gasteiger partial charge in [-0.25, -0.2) is 9.59 Å². The summed E-state index contributed by atoms with van der Waals surface area (Å²) in [6.07, 6.45) is 1.82. The normalized spacial score (nSPS) is 19.8. The van der Waals surface area contributed by atoms with E-state index in [1.54, 1.807) is 11.8 Å². The van der Waals surface area contributed by atoms with Crippen molar-refractivity contribution in [1.29, 1.82) is 0 Å². The molecule has 1 N–H and O–H groups in total. The molecule has 34 heavy (non-hydrogen) atoms. The first kappa shape index (κ1) is 23.9. The van der Waals surface area contributed by atoms with Crippen LogP contribution in [-0.2, 0) is 16.1 Å². The molecule has 8 heteroatoms. The van der Waals surface area contributed by atoms with Gasteiger partial charge in [0.1, 0.15) is 0 Å². The minimum Gasteiger partial charge on any atom is -0.463 e. The molecule has 2 aromatic rings. The van der Waals surface area contributed by atoms with E-state index in [1.165, 1.54) is 0 Å². The number of ether oxygens (including phenoxy) is 1. The number of piperazine rings is 1. The molecule has 0 aliphatic carbocycles. The Bertz CT molecular complexity index is 1000. The van der Waals surface area contributed by atoms with Gasteiger partial charge in [-0.15, -0.1) is 0 Å². The number of urea groups is 1. The molecule has 0 saturated carbocycles. The van der Waals surface area contributed by atoms with E-state index in [1.807, 2.05) is 61.7 Å². The van der Waals surface area contributed by atoms with Crippen LogP contribution in [-0.4, -0.2) is 77.6 Å². The van der Waals surface area contributed by atoms with Gasteiger partial charge in [-0.1, -0.05) is 36.4 Å². The number of amides is 2. The van der Waals surface area contributed by atoms with Crippen molar-refractivity contribution in [2.75, 3.05) is 45.9 Å². The van der Waals surface area contributed by atoms with Crippen molar-refractivity contribution >= 4 is 12.0 Å². The van der Waals surface area contributed by atoms with Gasteiger partial charge in [0.25, 0.3) is 0 Å². The van der Waals surface area contributed by atoms with Gasteiger partial charge in [-0.2, -0.15) is 0 Å². The van der Waals surface area contributed by atoms with E-state index in [9.17, 15) is 9.59 Å². The highest BCUT2D eigenvalue weighted by atomic mass is 16.5. The van der Waals surface area contributed by atoms with Crippen LogP contribution >= 0.6 is 0 Å². The molecular weight excluding hydrogens is 430 g/mol. The number of carbonyl (C=O) groups excluding carboxylic acids is 2.